The van der Waals surface area contributed by atoms with Crippen LogP contribution in [0.15, 0.2) is 35.5 Å². The minimum absolute atomic E-state index is 0.0920. The Balaban J connectivity index is 2.77. The number of benzene rings is 1. The zero-order valence-electron chi connectivity index (χ0n) is 9.51. The Hall–Kier alpha value is -2.21. The molecule has 0 unspecified atom stereocenters. The van der Waals surface area contributed by atoms with Gasteiger partial charge in [-0.25, -0.2) is 0 Å². The molecule has 0 aliphatic carbocycles. The average molecular weight is 275 g/mol. The van der Waals surface area contributed by atoms with Gasteiger partial charge in [-0.3, -0.25) is 0 Å². The molecular formula is C11H9F4N3O. The highest BCUT2D eigenvalue weighted by Crippen LogP contribution is 2.27. The van der Waals surface area contributed by atoms with Gasteiger partial charge in [0.25, 0.3) is 0 Å². The van der Waals surface area contributed by atoms with E-state index in [2.05, 4.69) is 14.8 Å². The lowest BCUT2D eigenvalue weighted by Gasteiger charge is -2.16. The third kappa shape index (κ3) is 4.89. The summed E-state index contributed by atoms with van der Waals surface area (Å²) in [5.41, 5.74) is 8.49. The molecule has 0 spiro atoms. The van der Waals surface area contributed by atoms with Gasteiger partial charge in [0.15, 0.2) is 0 Å². The first-order valence-electron chi connectivity index (χ1n) is 5.08. The molecule has 0 atom stereocenters. The van der Waals surface area contributed by atoms with Crippen LogP contribution in [0.2, 0.25) is 0 Å². The van der Waals surface area contributed by atoms with Crippen molar-refractivity contribution in [3.63, 3.8) is 0 Å². The predicted molar refractivity (Wildman–Crippen MR) is 61.1 cm³/mol. The summed E-state index contributed by atoms with van der Waals surface area (Å²) in [6.07, 6.45) is -5.46. The lowest BCUT2D eigenvalue weighted by atomic mass is 10.2. The Labute approximate surface area is 105 Å². The number of nitrogens with zero attached hydrogens (tertiary/aromatic N) is 3. The van der Waals surface area contributed by atoms with Gasteiger partial charge in [0.05, 0.1) is 0 Å². The van der Waals surface area contributed by atoms with Crippen molar-refractivity contribution in [3.8, 4) is 5.75 Å². The van der Waals surface area contributed by atoms with E-state index < -0.39 is 12.5 Å². The molecule has 4 nitrogen and oxygen atoms in total. The second kappa shape index (κ2) is 6.65. The van der Waals surface area contributed by atoms with Crippen molar-refractivity contribution in [1.82, 2.24) is 0 Å². The van der Waals surface area contributed by atoms with Gasteiger partial charge < -0.3 is 4.74 Å². The van der Waals surface area contributed by atoms with Gasteiger partial charge >= 0.3 is 12.5 Å². The van der Waals surface area contributed by atoms with Crippen molar-refractivity contribution >= 4 is 6.08 Å². The second-order valence-corrected chi connectivity index (χ2v) is 3.35. The van der Waals surface area contributed by atoms with Crippen molar-refractivity contribution in [2.45, 2.75) is 12.5 Å². The maximum absolute atomic E-state index is 12.7. The highest BCUT2D eigenvalue weighted by atomic mass is 19.3. The highest BCUT2D eigenvalue weighted by molar-refractivity contribution is 5.51. The quantitative estimate of drug-likeness (QED) is 0.331. The number of azide groups is 1. The van der Waals surface area contributed by atoms with Crippen LogP contribution in [0.3, 0.4) is 0 Å². The van der Waals surface area contributed by atoms with E-state index in [0.29, 0.717) is 5.56 Å². The van der Waals surface area contributed by atoms with Gasteiger partial charge in [-0.1, -0.05) is 29.4 Å². The van der Waals surface area contributed by atoms with Crippen LogP contribution >= 0.6 is 0 Å². The lowest BCUT2D eigenvalue weighted by Crippen LogP contribution is -2.33. The van der Waals surface area contributed by atoms with Gasteiger partial charge in [0.2, 0.25) is 0 Å². The van der Waals surface area contributed by atoms with E-state index in [0.717, 1.165) is 6.07 Å². The molecule has 1 rings (SSSR count). The largest absolute Gasteiger partial charge is 0.461 e. The highest BCUT2D eigenvalue weighted by Gasteiger charge is 2.43. The zero-order valence-corrected chi connectivity index (χ0v) is 9.51. The molecule has 0 bridgehead atoms. The normalized spacial score (nSPS) is 11.6. The maximum atomic E-state index is 12.7. The van der Waals surface area contributed by atoms with Crippen LogP contribution < -0.4 is 4.74 Å². The molecule has 1 aromatic rings. The lowest BCUT2D eigenvalue weighted by molar-refractivity contribution is -0.253. The molecule has 1 aromatic carbocycles. The smallest absolute Gasteiger partial charge is 0.428 e. The summed E-state index contributed by atoms with van der Waals surface area (Å²) in [7, 11) is 0. The predicted octanol–water partition coefficient (Wildman–Crippen LogP) is 4.25. The summed E-state index contributed by atoms with van der Waals surface area (Å²) in [6.45, 7) is 0.0920. The van der Waals surface area contributed by atoms with Crippen molar-refractivity contribution in [2.24, 2.45) is 5.11 Å². The van der Waals surface area contributed by atoms with Gasteiger partial charge in [-0.05, 0) is 23.2 Å². The summed E-state index contributed by atoms with van der Waals surface area (Å²) in [4.78, 5) is 2.52. The van der Waals surface area contributed by atoms with Crippen molar-refractivity contribution in [2.75, 3.05) is 6.54 Å². The molecule has 0 aromatic heterocycles. The van der Waals surface area contributed by atoms with Crippen LogP contribution in [0, 0.1) is 0 Å². The van der Waals surface area contributed by atoms with Crippen molar-refractivity contribution in [1.29, 1.82) is 0 Å². The summed E-state index contributed by atoms with van der Waals surface area (Å²) in [5, 5.41) is 3.24. The standard InChI is InChI=1S/C11H9F4N3O/c12-10(13)11(14,15)19-9-5-1-3-8(7-9)4-2-6-17-18-16/h1-5,7,10H,6H2. The molecule has 0 heterocycles. The van der Waals surface area contributed by atoms with Gasteiger partial charge in [-0.15, -0.1) is 0 Å². The summed E-state index contributed by atoms with van der Waals surface area (Å²) in [5.74, 6) is -0.378. The molecule has 19 heavy (non-hydrogen) atoms. The van der Waals surface area contributed by atoms with Crippen molar-refractivity contribution < 1.29 is 22.3 Å². The fourth-order valence-corrected chi connectivity index (χ4v) is 1.16. The monoisotopic (exact) mass is 275 g/mol. The molecule has 0 N–H and O–H groups in total. The number of halogens is 4. The number of alkyl halides is 4. The van der Waals surface area contributed by atoms with E-state index in [4.69, 9.17) is 5.53 Å². The van der Waals surface area contributed by atoms with Crippen LogP contribution in [0.25, 0.3) is 16.5 Å². The topological polar surface area (TPSA) is 58.0 Å². The molecule has 0 radical (unpaired) electrons. The summed E-state index contributed by atoms with van der Waals surface area (Å²) >= 11 is 0. The van der Waals surface area contributed by atoms with Gasteiger partial charge in [0.1, 0.15) is 5.75 Å². The fraction of sp³-hybridized carbons (Fsp3) is 0.273. The molecule has 0 fully saturated rings. The fourth-order valence-electron chi connectivity index (χ4n) is 1.16. The third-order valence-electron chi connectivity index (χ3n) is 1.93. The first-order valence-corrected chi connectivity index (χ1v) is 5.08. The van der Waals surface area contributed by atoms with Crippen LogP contribution in [0.1, 0.15) is 5.56 Å². The molecule has 0 saturated carbocycles. The zero-order chi connectivity index (χ0) is 14.3. The molecule has 102 valence electrons. The van der Waals surface area contributed by atoms with Crippen LogP contribution in [-0.4, -0.2) is 19.1 Å². The summed E-state index contributed by atoms with van der Waals surface area (Å²) < 4.78 is 53.2. The van der Waals surface area contributed by atoms with E-state index in [-0.39, 0.29) is 12.3 Å². The van der Waals surface area contributed by atoms with Crippen molar-refractivity contribution in [3.05, 3.63) is 46.3 Å². The molecule has 0 aliphatic heterocycles. The minimum atomic E-state index is -4.53. The molecule has 0 amide bonds. The molecule has 0 saturated heterocycles. The minimum Gasteiger partial charge on any atom is -0.428 e. The molecule has 8 heteroatoms. The molecular weight excluding hydrogens is 266 g/mol. The number of ether oxygens (including phenoxy) is 1. The van der Waals surface area contributed by atoms with Crippen LogP contribution in [0.5, 0.6) is 5.75 Å². The van der Waals surface area contributed by atoms with Crippen LogP contribution in [-0.2, 0) is 0 Å². The van der Waals surface area contributed by atoms with E-state index in [1.54, 1.807) is 6.07 Å². The first-order chi connectivity index (χ1) is 8.95. The first kappa shape index (κ1) is 14.8. The van der Waals surface area contributed by atoms with E-state index in [9.17, 15) is 17.6 Å². The Morgan fingerprint density at radius 2 is 2.16 bits per heavy atom. The van der Waals surface area contributed by atoms with Crippen LogP contribution in [0.4, 0.5) is 17.6 Å². The Kier molecular flexibility index (Phi) is 5.20. The van der Waals surface area contributed by atoms with E-state index >= 15 is 0 Å². The number of hydrogen-bond donors (Lipinski definition) is 0. The van der Waals surface area contributed by atoms with E-state index in [1.165, 1.54) is 24.3 Å². The number of rotatable bonds is 6. The average Bonchev–Trinajstić information content (AvgIpc) is 2.34. The van der Waals surface area contributed by atoms with E-state index in [1.807, 2.05) is 0 Å². The van der Waals surface area contributed by atoms with Gasteiger partial charge in [-0.2, -0.15) is 17.6 Å². The third-order valence-corrected chi connectivity index (χ3v) is 1.93. The van der Waals surface area contributed by atoms with Gasteiger partial charge in [0, 0.05) is 11.5 Å². The Morgan fingerprint density at radius 3 is 2.79 bits per heavy atom. The Bertz CT molecular complexity index is 498. The maximum Gasteiger partial charge on any atom is 0.461 e. The molecule has 0 aliphatic rings. The Morgan fingerprint density at radius 1 is 1.42 bits per heavy atom. The SMILES string of the molecule is [N-]=[N+]=NCC=Cc1cccc(OC(F)(F)C(F)F)c1. The number of hydrogen-bond acceptors (Lipinski definition) is 2. The second-order valence-electron chi connectivity index (χ2n) is 3.35. The summed E-state index contributed by atoms with van der Waals surface area (Å²) in [6, 6.07) is 5.24.